The zero-order chi connectivity index (χ0) is 15.6. The predicted octanol–water partition coefficient (Wildman–Crippen LogP) is 2.83. The summed E-state index contributed by atoms with van der Waals surface area (Å²) in [7, 11) is -3.79. The maximum Gasteiger partial charge on any atom is 0.240 e. The van der Waals surface area contributed by atoms with Gasteiger partial charge in [0.1, 0.15) is 4.90 Å². The molecule has 0 saturated heterocycles. The van der Waals surface area contributed by atoms with Gasteiger partial charge in [0, 0.05) is 10.6 Å². The average molecular weight is 322 g/mol. The molecule has 0 fully saturated rings. The van der Waals surface area contributed by atoms with Gasteiger partial charge in [0.25, 0.3) is 0 Å². The van der Waals surface area contributed by atoms with Gasteiger partial charge in [-0.25, -0.2) is 13.6 Å². The van der Waals surface area contributed by atoms with Crippen molar-refractivity contribution in [2.24, 2.45) is 5.14 Å². The molecule has 21 heavy (non-hydrogen) atoms. The second kappa shape index (κ2) is 6.09. The third kappa shape index (κ3) is 4.00. The second-order valence-electron chi connectivity index (χ2n) is 5.00. The molecule has 0 heterocycles. The topological polar surface area (TPSA) is 86.2 Å². The lowest BCUT2D eigenvalue weighted by Gasteiger charge is -2.10. The predicted molar refractivity (Wildman–Crippen MR) is 87.7 cm³/mol. The van der Waals surface area contributed by atoms with Crippen molar-refractivity contribution in [2.75, 3.05) is 5.73 Å². The third-order valence-corrected chi connectivity index (χ3v) is 5.12. The summed E-state index contributed by atoms with van der Waals surface area (Å²) in [4.78, 5) is 0.702. The molecule has 0 amide bonds. The number of nitrogen functional groups attached to an aromatic ring is 1. The first-order chi connectivity index (χ1) is 9.77. The van der Waals surface area contributed by atoms with Crippen LogP contribution < -0.4 is 10.9 Å². The first-order valence-corrected chi connectivity index (χ1v) is 8.92. The summed E-state index contributed by atoms with van der Waals surface area (Å²) in [6.45, 7) is 4.11. The molecular weight excluding hydrogens is 304 g/mol. The SMILES string of the molecule is Cc1cc(C)cc(CSc2cccc(S(N)(=O)=O)c2N)c1. The van der Waals surface area contributed by atoms with Crippen LogP contribution in [0.2, 0.25) is 0 Å². The zero-order valence-electron chi connectivity index (χ0n) is 12.0. The van der Waals surface area contributed by atoms with E-state index in [2.05, 4.69) is 32.0 Å². The van der Waals surface area contributed by atoms with Crippen LogP contribution in [0.5, 0.6) is 0 Å². The van der Waals surface area contributed by atoms with Gasteiger partial charge in [-0.3, -0.25) is 0 Å². The molecule has 0 aromatic heterocycles. The summed E-state index contributed by atoms with van der Waals surface area (Å²) in [5, 5.41) is 5.16. The Labute approximate surface area is 129 Å². The van der Waals surface area contributed by atoms with Crippen LogP contribution in [0.4, 0.5) is 5.69 Å². The third-order valence-electron chi connectivity index (χ3n) is 3.01. The largest absolute Gasteiger partial charge is 0.397 e. The molecule has 0 radical (unpaired) electrons. The zero-order valence-corrected chi connectivity index (χ0v) is 13.6. The molecular formula is C15H18N2O2S2. The first-order valence-electron chi connectivity index (χ1n) is 6.38. The molecule has 2 rings (SSSR count). The van der Waals surface area contributed by atoms with Gasteiger partial charge in [0.15, 0.2) is 0 Å². The quantitative estimate of drug-likeness (QED) is 0.669. The Balaban J connectivity index is 2.25. The summed E-state index contributed by atoms with van der Waals surface area (Å²) >= 11 is 1.50. The highest BCUT2D eigenvalue weighted by Crippen LogP contribution is 2.32. The molecule has 0 spiro atoms. The summed E-state index contributed by atoms with van der Waals surface area (Å²) in [5.41, 5.74) is 9.72. The van der Waals surface area contributed by atoms with E-state index in [1.54, 1.807) is 12.1 Å². The number of primary sulfonamides is 1. The molecule has 0 atom stereocenters. The normalized spacial score (nSPS) is 11.6. The fourth-order valence-electron chi connectivity index (χ4n) is 2.21. The van der Waals surface area contributed by atoms with Crippen LogP contribution in [0.3, 0.4) is 0 Å². The van der Waals surface area contributed by atoms with Crippen molar-refractivity contribution in [2.45, 2.75) is 29.4 Å². The van der Waals surface area contributed by atoms with Gasteiger partial charge in [-0.2, -0.15) is 0 Å². The minimum Gasteiger partial charge on any atom is -0.397 e. The molecule has 4 N–H and O–H groups in total. The highest BCUT2D eigenvalue weighted by molar-refractivity contribution is 7.98. The lowest BCUT2D eigenvalue weighted by Crippen LogP contribution is -2.14. The Kier molecular flexibility index (Phi) is 4.61. The Bertz CT molecular complexity index is 751. The standard InChI is InChI=1S/C15H18N2O2S2/c1-10-6-11(2)8-12(7-10)9-20-13-4-3-5-14(15(13)16)21(17,18)19/h3-8H,9,16H2,1-2H3,(H2,17,18,19). The molecule has 6 heteroatoms. The number of nitrogens with two attached hydrogens (primary N) is 2. The Morgan fingerprint density at radius 2 is 1.71 bits per heavy atom. The molecule has 0 aliphatic heterocycles. The van der Waals surface area contributed by atoms with Crippen LogP contribution in [0.25, 0.3) is 0 Å². The van der Waals surface area contributed by atoms with Crippen molar-refractivity contribution in [3.63, 3.8) is 0 Å². The average Bonchev–Trinajstić information content (AvgIpc) is 2.35. The van der Waals surface area contributed by atoms with Crippen LogP contribution in [-0.4, -0.2) is 8.42 Å². The summed E-state index contributed by atoms with van der Waals surface area (Å²) in [6.07, 6.45) is 0. The monoisotopic (exact) mass is 322 g/mol. The van der Waals surface area contributed by atoms with Gasteiger partial charge < -0.3 is 5.73 Å². The number of rotatable bonds is 4. The number of hydrogen-bond acceptors (Lipinski definition) is 4. The van der Waals surface area contributed by atoms with E-state index in [1.807, 2.05) is 0 Å². The maximum atomic E-state index is 11.5. The van der Waals surface area contributed by atoms with Gasteiger partial charge >= 0.3 is 0 Å². The minimum atomic E-state index is -3.79. The summed E-state index contributed by atoms with van der Waals surface area (Å²) in [6, 6.07) is 11.2. The van der Waals surface area contributed by atoms with E-state index < -0.39 is 10.0 Å². The van der Waals surface area contributed by atoms with Crippen molar-refractivity contribution in [3.05, 3.63) is 53.1 Å². The molecule has 2 aromatic carbocycles. The lowest BCUT2D eigenvalue weighted by atomic mass is 10.1. The number of benzene rings is 2. The fourth-order valence-corrected chi connectivity index (χ4v) is 3.89. The number of sulfonamides is 1. The van der Waals surface area contributed by atoms with Crippen molar-refractivity contribution >= 4 is 27.5 Å². The van der Waals surface area contributed by atoms with Gasteiger partial charge in [0.05, 0.1) is 5.69 Å². The van der Waals surface area contributed by atoms with Crippen LogP contribution in [0.15, 0.2) is 46.2 Å². The van der Waals surface area contributed by atoms with Crippen molar-refractivity contribution < 1.29 is 8.42 Å². The number of aryl methyl sites for hydroxylation is 2. The van der Waals surface area contributed by atoms with Crippen LogP contribution in [-0.2, 0) is 15.8 Å². The van der Waals surface area contributed by atoms with Crippen molar-refractivity contribution in [3.8, 4) is 0 Å². The Hall–Kier alpha value is -1.50. The van der Waals surface area contributed by atoms with E-state index in [0.29, 0.717) is 0 Å². The number of hydrogen-bond donors (Lipinski definition) is 2. The smallest absolute Gasteiger partial charge is 0.240 e. The highest BCUT2D eigenvalue weighted by Gasteiger charge is 2.14. The molecule has 0 aliphatic rings. The molecule has 2 aromatic rings. The van der Waals surface area contributed by atoms with Gasteiger partial charge in [-0.1, -0.05) is 35.4 Å². The van der Waals surface area contributed by atoms with Gasteiger partial charge in [-0.15, -0.1) is 11.8 Å². The van der Waals surface area contributed by atoms with E-state index in [-0.39, 0.29) is 10.6 Å². The molecule has 4 nitrogen and oxygen atoms in total. The summed E-state index contributed by atoms with van der Waals surface area (Å²) < 4.78 is 22.9. The number of para-hydroxylation sites is 1. The van der Waals surface area contributed by atoms with Crippen LogP contribution in [0.1, 0.15) is 16.7 Å². The Morgan fingerprint density at radius 3 is 2.29 bits per heavy atom. The first kappa shape index (κ1) is 15.9. The highest BCUT2D eigenvalue weighted by atomic mass is 32.2. The Morgan fingerprint density at radius 1 is 1.10 bits per heavy atom. The molecule has 0 aliphatic carbocycles. The van der Waals surface area contributed by atoms with Crippen LogP contribution >= 0.6 is 11.8 Å². The van der Waals surface area contributed by atoms with Gasteiger partial charge in [-0.05, 0) is 31.5 Å². The van der Waals surface area contributed by atoms with E-state index in [4.69, 9.17) is 10.9 Å². The number of anilines is 1. The van der Waals surface area contributed by atoms with E-state index >= 15 is 0 Å². The maximum absolute atomic E-state index is 11.5. The van der Waals surface area contributed by atoms with Crippen molar-refractivity contribution in [1.82, 2.24) is 0 Å². The van der Waals surface area contributed by atoms with Crippen molar-refractivity contribution in [1.29, 1.82) is 0 Å². The molecule has 0 saturated carbocycles. The van der Waals surface area contributed by atoms with E-state index in [1.165, 1.54) is 34.5 Å². The van der Waals surface area contributed by atoms with E-state index in [9.17, 15) is 8.42 Å². The van der Waals surface area contributed by atoms with E-state index in [0.717, 1.165) is 10.6 Å². The molecule has 0 bridgehead atoms. The second-order valence-corrected chi connectivity index (χ2v) is 7.54. The molecule has 0 unspecified atom stereocenters. The lowest BCUT2D eigenvalue weighted by molar-refractivity contribution is 0.598. The fraction of sp³-hybridized carbons (Fsp3) is 0.200. The van der Waals surface area contributed by atoms with Crippen LogP contribution in [0, 0.1) is 13.8 Å². The van der Waals surface area contributed by atoms with Gasteiger partial charge in [0.2, 0.25) is 10.0 Å². The molecule has 112 valence electrons. The number of thioether (sulfide) groups is 1. The summed E-state index contributed by atoms with van der Waals surface area (Å²) in [5.74, 6) is 0.723. The minimum absolute atomic E-state index is 0.0204.